The van der Waals surface area contributed by atoms with E-state index in [1.807, 2.05) is 6.92 Å². The molecule has 1 unspecified atom stereocenters. The fraction of sp³-hybridized carbons (Fsp3) is 0.800. The van der Waals surface area contributed by atoms with Crippen LogP contribution in [0.2, 0.25) is 0 Å². The maximum absolute atomic E-state index is 11.8. The average Bonchev–Trinajstić information content (AvgIpc) is 2.28. The summed E-state index contributed by atoms with van der Waals surface area (Å²) >= 11 is 0. The molecule has 1 atom stereocenters. The Labute approximate surface area is 89.9 Å². The Kier molecular flexibility index (Phi) is 4.39. The van der Waals surface area contributed by atoms with Crippen LogP contribution in [0, 0.1) is 0 Å². The standard InChI is InChI=1S/C10H19N3O2/c1-2-5-9(14)13-7-4-3-6-8(13)10(11)12-15/h8,15H,2-7H2,1H3,(H2,11,12). The Bertz CT molecular complexity index is 253. The Morgan fingerprint density at radius 3 is 2.93 bits per heavy atom. The SMILES string of the molecule is CCCC(=O)N1CCCCC1C(N)=NO. The molecule has 1 heterocycles. The number of rotatable bonds is 3. The molecule has 0 aliphatic carbocycles. The predicted octanol–water partition coefficient (Wildman–Crippen LogP) is 0.914. The van der Waals surface area contributed by atoms with Crippen LogP contribution in [0.1, 0.15) is 39.0 Å². The first-order chi connectivity index (χ1) is 7.20. The number of hydrogen-bond donors (Lipinski definition) is 2. The van der Waals surface area contributed by atoms with Gasteiger partial charge in [-0.3, -0.25) is 4.79 Å². The minimum absolute atomic E-state index is 0.105. The monoisotopic (exact) mass is 213 g/mol. The molecule has 0 spiro atoms. The largest absolute Gasteiger partial charge is 0.409 e. The van der Waals surface area contributed by atoms with Gasteiger partial charge in [-0.1, -0.05) is 12.1 Å². The van der Waals surface area contributed by atoms with Crippen molar-refractivity contribution in [3.63, 3.8) is 0 Å². The van der Waals surface area contributed by atoms with Gasteiger partial charge < -0.3 is 15.8 Å². The third-order valence-electron chi connectivity index (χ3n) is 2.74. The lowest BCUT2D eigenvalue weighted by Gasteiger charge is -2.34. The fourth-order valence-corrected chi connectivity index (χ4v) is 1.96. The van der Waals surface area contributed by atoms with E-state index in [1.54, 1.807) is 4.90 Å². The van der Waals surface area contributed by atoms with Crippen LogP contribution in [0.5, 0.6) is 0 Å². The molecule has 0 aromatic carbocycles. The van der Waals surface area contributed by atoms with Crippen LogP contribution >= 0.6 is 0 Å². The molecule has 1 saturated heterocycles. The highest BCUT2D eigenvalue weighted by Crippen LogP contribution is 2.18. The van der Waals surface area contributed by atoms with Gasteiger partial charge in [0.05, 0.1) is 6.04 Å². The third kappa shape index (κ3) is 2.84. The number of carbonyl (C=O) groups excluding carboxylic acids is 1. The first-order valence-corrected chi connectivity index (χ1v) is 5.47. The maximum atomic E-state index is 11.8. The second kappa shape index (κ2) is 5.58. The average molecular weight is 213 g/mol. The van der Waals surface area contributed by atoms with Gasteiger partial charge >= 0.3 is 0 Å². The number of nitrogens with two attached hydrogens (primary N) is 1. The lowest BCUT2D eigenvalue weighted by Crippen LogP contribution is -2.50. The molecule has 0 aromatic rings. The molecular weight excluding hydrogens is 194 g/mol. The number of carbonyl (C=O) groups is 1. The van der Waals surface area contributed by atoms with Gasteiger partial charge in [0, 0.05) is 13.0 Å². The Morgan fingerprint density at radius 2 is 2.33 bits per heavy atom. The van der Waals surface area contributed by atoms with Crippen molar-refractivity contribution in [2.75, 3.05) is 6.54 Å². The van der Waals surface area contributed by atoms with Crippen molar-refractivity contribution in [3.8, 4) is 0 Å². The minimum Gasteiger partial charge on any atom is -0.409 e. The van der Waals surface area contributed by atoms with Gasteiger partial charge in [-0.15, -0.1) is 0 Å². The van der Waals surface area contributed by atoms with Crippen molar-refractivity contribution in [2.45, 2.75) is 45.1 Å². The molecule has 5 heteroatoms. The number of amides is 1. The molecule has 1 rings (SSSR count). The van der Waals surface area contributed by atoms with Crippen LogP contribution < -0.4 is 5.73 Å². The van der Waals surface area contributed by atoms with Gasteiger partial charge in [0.2, 0.25) is 5.91 Å². The van der Waals surface area contributed by atoms with Crippen molar-refractivity contribution in [1.82, 2.24) is 4.90 Å². The molecule has 1 aliphatic rings. The second-order valence-electron chi connectivity index (χ2n) is 3.87. The van der Waals surface area contributed by atoms with E-state index >= 15 is 0 Å². The topological polar surface area (TPSA) is 78.9 Å². The molecule has 1 amide bonds. The van der Waals surface area contributed by atoms with E-state index in [4.69, 9.17) is 10.9 Å². The number of likely N-dealkylation sites (tertiary alicyclic amines) is 1. The summed E-state index contributed by atoms with van der Waals surface area (Å²) in [6, 6.07) is -0.206. The molecule has 5 nitrogen and oxygen atoms in total. The van der Waals surface area contributed by atoms with Gasteiger partial charge in [0.1, 0.15) is 0 Å². The lowest BCUT2D eigenvalue weighted by molar-refractivity contribution is -0.133. The van der Waals surface area contributed by atoms with Crippen LogP contribution in [0.25, 0.3) is 0 Å². The molecule has 1 fully saturated rings. The van der Waals surface area contributed by atoms with E-state index < -0.39 is 0 Å². The van der Waals surface area contributed by atoms with E-state index in [0.717, 1.165) is 32.2 Å². The molecule has 1 aliphatic heterocycles. The fourth-order valence-electron chi connectivity index (χ4n) is 1.96. The predicted molar refractivity (Wildman–Crippen MR) is 57.7 cm³/mol. The summed E-state index contributed by atoms with van der Waals surface area (Å²) in [6.45, 7) is 2.69. The summed E-state index contributed by atoms with van der Waals surface area (Å²) in [7, 11) is 0. The number of hydrogen-bond acceptors (Lipinski definition) is 3. The first kappa shape index (κ1) is 11.8. The first-order valence-electron chi connectivity index (χ1n) is 5.47. The van der Waals surface area contributed by atoms with Crippen molar-refractivity contribution in [1.29, 1.82) is 0 Å². The molecule has 15 heavy (non-hydrogen) atoms. The molecule has 86 valence electrons. The van der Waals surface area contributed by atoms with Crippen LogP contribution in [-0.4, -0.2) is 34.4 Å². The number of piperidine rings is 1. The van der Waals surface area contributed by atoms with E-state index in [-0.39, 0.29) is 17.8 Å². The Morgan fingerprint density at radius 1 is 1.60 bits per heavy atom. The second-order valence-corrected chi connectivity index (χ2v) is 3.87. The Balaban J connectivity index is 2.69. The molecule has 0 aromatic heterocycles. The van der Waals surface area contributed by atoms with Gasteiger partial charge in [-0.2, -0.15) is 0 Å². The molecule has 0 bridgehead atoms. The zero-order valence-electron chi connectivity index (χ0n) is 9.15. The highest BCUT2D eigenvalue weighted by atomic mass is 16.4. The lowest BCUT2D eigenvalue weighted by atomic mass is 10.0. The quantitative estimate of drug-likeness (QED) is 0.316. The molecule has 0 radical (unpaired) electrons. The molecular formula is C10H19N3O2. The summed E-state index contributed by atoms with van der Waals surface area (Å²) in [6.07, 6.45) is 4.19. The summed E-state index contributed by atoms with van der Waals surface area (Å²) in [5.41, 5.74) is 5.58. The summed E-state index contributed by atoms with van der Waals surface area (Å²) < 4.78 is 0. The van der Waals surface area contributed by atoms with Crippen molar-refractivity contribution in [3.05, 3.63) is 0 Å². The maximum Gasteiger partial charge on any atom is 0.223 e. The van der Waals surface area contributed by atoms with E-state index in [1.165, 1.54) is 0 Å². The summed E-state index contributed by atoms with van der Waals surface area (Å²) in [4.78, 5) is 13.5. The van der Waals surface area contributed by atoms with Crippen LogP contribution in [0.15, 0.2) is 5.16 Å². The number of nitrogens with zero attached hydrogens (tertiary/aromatic N) is 2. The van der Waals surface area contributed by atoms with Gasteiger partial charge in [0.15, 0.2) is 5.84 Å². The number of oxime groups is 1. The number of amidine groups is 1. The van der Waals surface area contributed by atoms with E-state index in [2.05, 4.69) is 5.16 Å². The Hall–Kier alpha value is -1.26. The highest BCUT2D eigenvalue weighted by Gasteiger charge is 2.28. The zero-order valence-corrected chi connectivity index (χ0v) is 9.15. The third-order valence-corrected chi connectivity index (χ3v) is 2.74. The van der Waals surface area contributed by atoms with Gasteiger partial charge in [-0.25, -0.2) is 0 Å². The van der Waals surface area contributed by atoms with Crippen LogP contribution in [0.3, 0.4) is 0 Å². The normalized spacial score (nSPS) is 22.9. The smallest absolute Gasteiger partial charge is 0.223 e. The van der Waals surface area contributed by atoms with Crippen molar-refractivity contribution < 1.29 is 10.0 Å². The molecule has 0 saturated carbocycles. The van der Waals surface area contributed by atoms with Crippen LogP contribution in [-0.2, 0) is 4.79 Å². The van der Waals surface area contributed by atoms with E-state index in [9.17, 15) is 4.79 Å². The van der Waals surface area contributed by atoms with Gasteiger partial charge in [-0.05, 0) is 25.7 Å². The van der Waals surface area contributed by atoms with E-state index in [0.29, 0.717) is 6.42 Å². The van der Waals surface area contributed by atoms with Gasteiger partial charge in [0.25, 0.3) is 0 Å². The minimum atomic E-state index is -0.206. The van der Waals surface area contributed by atoms with Crippen molar-refractivity contribution in [2.24, 2.45) is 10.9 Å². The highest BCUT2D eigenvalue weighted by molar-refractivity contribution is 5.90. The summed E-state index contributed by atoms with van der Waals surface area (Å²) in [5, 5.41) is 11.6. The summed E-state index contributed by atoms with van der Waals surface area (Å²) in [5.74, 6) is 0.257. The van der Waals surface area contributed by atoms with Crippen LogP contribution in [0.4, 0.5) is 0 Å². The zero-order chi connectivity index (χ0) is 11.3. The van der Waals surface area contributed by atoms with Crippen molar-refractivity contribution >= 4 is 11.7 Å². The molecule has 3 N–H and O–H groups in total.